The van der Waals surface area contributed by atoms with Gasteiger partial charge in [0.2, 0.25) is 5.91 Å². The number of rotatable bonds is 38. The van der Waals surface area contributed by atoms with Gasteiger partial charge in [-0.25, -0.2) is 4.79 Å². The van der Waals surface area contributed by atoms with Crippen LogP contribution in [0.3, 0.4) is 0 Å². The van der Waals surface area contributed by atoms with Crippen LogP contribution in [-0.2, 0) is 19.1 Å². The highest BCUT2D eigenvalue weighted by atomic mass is 16.5. The lowest BCUT2D eigenvalue weighted by Gasteiger charge is -2.19. The Balaban J connectivity index is 4.00. The Morgan fingerprint density at radius 2 is 0.830 bits per heavy atom. The number of carboxylic acids is 2. The lowest BCUT2D eigenvalue weighted by Crippen LogP contribution is -2.43. The molecule has 0 aromatic heterocycles. The standard InChI is InChI=1S/C40H77NO6/c1-3-5-7-9-11-13-14-15-16-17-18-19-20-21-22-23-25-27-29-31-33-47-36(32-30-28-26-24-12-10-8-6-4-2)34-38(42)41-37(40(45)46)35-39(43)44/h36-37H,3-35H2,1-2H3,(H,41,42)(H,43,44)(H,45,46). The Morgan fingerprint density at radius 3 is 1.17 bits per heavy atom. The Morgan fingerprint density at radius 1 is 0.489 bits per heavy atom. The van der Waals surface area contributed by atoms with E-state index in [9.17, 15) is 19.5 Å². The van der Waals surface area contributed by atoms with Crippen LogP contribution in [0, 0.1) is 0 Å². The van der Waals surface area contributed by atoms with Gasteiger partial charge in [0.05, 0.1) is 18.9 Å². The molecule has 47 heavy (non-hydrogen) atoms. The van der Waals surface area contributed by atoms with Crippen molar-refractivity contribution in [2.45, 2.75) is 231 Å². The molecule has 0 saturated carbocycles. The van der Waals surface area contributed by atoms with Crippen LogP contribution in [0.1, 0.15) is 219 Å². The van der Waals surface area contributed by atoms with Gasteiger partial charge in [-0.15, -0.1) is 0 Å². The number of carboxylic acid groups (broad SMARTS) is 2. The molecule has 0 rings (SSSR count). The maximum absolute atomic E-state index is 12.6. The average Bonchev–Trinajstić information content (AvgIpc) is 3.03. The number of amides is 1. The minimum Gasteiger partial charge on any atom is -0.481 e. The van der Waals surface area contributed by atoms with Gasteiger partial charge in [0.1, 0.15) is 6.04 Å². The molecule has 0 radical (unpaired) electrons. The van der Waals surface area contributed by atoms with Gasteiger partial charge >= 0.3 is 11.9 Å². The van der Waals surface area contributed by atoms with E-state index in [1.54, 1.807) is 0 Å². The summed E-state index contributed by atoms with van der Waals surface area (Å²) in [7, 11) is 0. The van der Waals surface area contributed by atoms with Crippen LogP contribution < -0.4 is 5.32 Å². The van der Waals surface area contributed by atoms with Gasteiger partial charge < -0.3 is 20.3 Å². The molecular weight excluding hydrogens is 590 g/mol. The first kappa shape index (κ1) is 45.4. The third-order valence-corrected chi connectivity index (χ3v) is 9.41. The Hall–Kier alpha value is -1.63. The van der Waals surface area contributed by atoms with Crippen molar-refractivity contribution in [1.82, 2.24) is 5.32 Å². The molecule has 278 valence electrons. The van der Waals surface area contributed by atoms with E-state index in [1.807, 2.05) is 0 Å². The maximum Gasteiger partial charge on any atom is 0.326 e. The van der Waals surface area contributed by atoms with Gasteiger partial charge in [0.25, 0.3) is 0 Å². The molecule has 0 aliphatic rings. The van der Waals surface area contributed by atoms with Crippen LogP contribution in [0.15, 0.2) is 0 Å². The van der Waals surface area contributed by atoms with Gasteiger partial charge in [0, 0.05) is 6.61 Å². The van der Waals surface area contributed by atoms with E-state index in [0.29, 0.717) is 6.61 Å². The van der Waals surface area contributed by atoms with Crippen LogP contribution in [0.5, 0.6) is 0 Å². The third-order valence-electron chi connectivity index (χ3n) is 9.41. The number of aliphatic carboxylic acids is 2. The summed E-state index contributed by atoms with van der Waals surface area (Å²) in [4.78, 5) is 34.9. The minimum atomic E-state index is -1.42. The topological polar surface area (TPSA) is 113 Å². The van der Waals surface area contributed by atoms with E-state index in [0.717, 1.165) is 32.1 Å². The molecule has 2 atom stereocenters. The number of carbonyl (C=O) groups excluding carboxylic acids is 1. The molecule has 7 heteroatoms. The van der Waals surface area contributed by atoms with Crippen LogP contribution in [0.25, 0.3) is 0 Å². The van der Waals surface area contributed by atoms with Crippen molar-refractivity contribution in [2.24, 2.45) is 0 Å². The summed E-state index contributed by atoms with van der Waals surface area (Å²) in [5.74, 6) is -3.04. The van der Waals surface area contributed by atoms with Crippen LogP contribution in [-0.4, -0.2) is 46.8 Å². The molecule has 0 aromatic rings. The summed E-state index contributed by atoms with van der Waals surface area (Å²) < 4.78 is 6.12. The number of unbranched alkanes of at least 4 members (excludes halogenated alkanes) is 27. The van der Waals surface area contributed by atoms with Crippen molar-refractivity contribution in [1.29, 1.82) is 0 Å². The monoisotopic (exact) mass is 668 g/mol. The highest BCUT2D eigenvalue weighted by molar-refractivity contribution is 5.86. The van der Waals surface area contributed by atoms with Crippen molar-refractivity contribution >= 4 is 17.8 Å². The molecule has 0 aromatic carbocycles. The summed E-state index contributed by atoms with van der Waals surface area (Å²) in [6.07, 6.45) is 37.8. The zero-order valence-electron chi connectivity index (χ0n) is 31.0. The van der Waals surface area contributed by atoms with Gasteiger partial charge in [-0.05, 0) is 12.8 Å². The number of carbonyl (C=O) groups is 3. The molecule has 0 saturated heterocycles. The minimum absolute atomic E-state index is 0.0691. The van der Waals surface area contributed by atoms with Crippen LogP contribution in [0.2, 0.25) is 0 Å². The smallest absolute Gasteiger partial charge is 0.326 e. The molecule has 0 aliphatic carbocycles. The Labute approximate surface area is 290 Å². The average molecular weight is 668 g/mol. The second-order valence-corrected chi connectivity index (χ2v) is 14.1. The number of nitrogens with one attached hydrogen (secondary N) is 1. The quantitative estimate of drug-likeness (QED) is 0.0565. The van der Waals surface area contributed by atoms with E-state index < -0.39 is 30.3 Å². The first-order chi connectivity index (χ1) is 22.9. The normalized spacial score (nSPS) is 12.6. The Bertz CT molecular complexity index is 715. The highest BCUT2D eigenvalue weighted by Gasteiger charge is 2.24. The molecule has 7 nitrogen and oxygen atoms in total. The summed E-state index contributed by atoms with van der Waals surface area (Å²) in [6, 6.07) is -1.42. The molecule has 3 N–H and O–H groups in total. The van der Waals surface area contributed by atoms with Gasteiger partial charge in [-0.2, -0.15) is 0 Å². The van der Waals surface area contributed by atoms with Crippen molar-refractivity contribution in [3.63, 3.8) is 0 Å². The largest absolute Gasteiger partial charge is 0.481 e. The second kappa shape index (κ2) is 35.7. The predicted molar refractivity (Wildman–Crippen MR) is 196 cm³/mol. The first-order valence-corrected chi connectivity index (χ1v) is 20.3. The first-order valence-electron chi connectivity index (χ1n) is 20.3. The van der Waals surface area contributed by atoms with Crippen LogP contribution in [0.4, 0.5) is 0 Å². The molecule has 0 spiro atoms. The van der Waals surface area contributed by atoms with Gasteiger partial charge in [-0.1, -0.05) is 194 Å². The van der Waals surface area contributed by atoms with Gasteiger partial charge in [-0.3, -0.25) is 9.59 Å². The van der Waals surface area contributed by atoms with Gasteiger partial charge in [0.15, 0.2) is 0 Å². The van der Waals surface area contributed by atoms with E-state index in [4.69, 9.17) is 9.84 Å². The molecule has 0 fully saturated rings. The molecular formula is C40H77NO6. The van der Waals surface area contributed by atoms with E-state index in [1.165, 1.54) is 161 Å². The van der Waals surface area contributed by atoms with E-state index >= 15 is 0 Å². The molecule has 0 aliphatic heterocycles. The van der Waals surface area contributed by atoms with Crippen molar-refractivity contribution in [3.05, 3.63) is 0 Å². The molecule has 0 bridgehead atoms. The third kappa shape index (κ3) is 34.0. The number of ether oxygens (including phenoxy) is 1. The van der Waals surface area contributed by atoms with Crippen LogP contribution >= 0.6 is 0 Å². The Kier molecular flexibility index (Phi) is 34.4. The zero-order chi connectivity index (χ0) is 34.6. The fourth-order valence-corrected chi connectivity index (χ4v) is 6.37. The maximum atomic E-state index is 12.6. The lowest BCUT2D eigenvalue weighted by atomic mass is 10.0. The number of hydrogen-bond donors (Lipinski definition) is 3. The van der Waals surface area contributed by atoms with Crippen molar-refractivity contribution in [3.8, 4) is 0 Å². The van der Waals surface area contributed by atoms with Crippen molar-refractivity contribution < 1.29 is 29.3 Å². The van der Waals surface area contributed by atoms with E-state index in [2.05, 4.69) is 19.2 Å². The summed E-state index contributed by atoms with van der Waals surface area (Å²) in [5.41, 5.74) is 0. The lowest BCUT2D eigenvalue weighted by molar-refractivity contribution is -0.147. The highest BCUT2D eigenvalue weighted by Crippen LogP contribution is 2.17. The molecule has 1 amide bonds. The summed E-state index contributed by atoms with van der Waals surface area (Å²) >= 11 is 0. The summed E-state index contributed by atoms with van der Waals surface area (Å²) in [5, 5.41) is 20.6. The second-order valence-electron chi connectivity index (χ2n) is 14.1. The van der Waals surface area contributed by atoms with E-state index in [-0.39, 0.29) is 12.5 Å². The molecule has 0 heterocycles. The van der Waals surface area contributed by atoms with Crippen molar-refractivity contribution in [2.75, 3.05) is 6.61 Å². The fourth-order valence-electron chi connectivity index (χ4n) is 6.37. The zero-order valence-corrected chi connectivity index (χ0v) is 31.0. The predicted octanol–water partition coefficient (Wildman–Crippen LogP) is 11.5. The number of hydrogen-bond acceptors (Lipinski definition) is 4. The molecule has 2 unspecified atom stereocenters. The summed E-state index contributed by atoms with van der Waals surface area (Å²) in [6.45, 7) is 5.12. The fraction of sp³-hybridized carbons (Fsp3) is 0.925. The SMILES string of the molecule is CCCCCCCCCCCCCCCCCCCCCCOC(CCCCCCCCCCC)CC(=O)NC(CC(=O)O)C(=O)O.